The number of carboxylic acids is 1. The molecule has 1 heterocycles. The number of carbonyl (C=O) groups is 1. The second kappa shape index (κ2) is 6.12. The van der Waals surface area contributed by atoms with Crippen molar-refractivity contribution < 1.29 is 14.3 Å². The third kappa shape index (κ3) is 4.02. The molecule has 2 rings (SSSR count). The molecule has 0 spiro atoms. The Labute approximate surface area is 132 Å². The van der Waals surface area contributed by atoms with E-state index in [0.717, 1.165) is 10.7 Å². The van der Waals surface area contributed by atoms with Crippen molar-refractivity contribution in [3.63, 3.8) is 0 Å². The zero-order valence-corrected chi connectivity index (χ0v) is 13.6. The van der Waals surface area contributed by atoms with Crippen molar-refractivity contribution in [2.24, 2.45) is 0 Å². The highest BCUT2D eigenvalue weighted by Gasteiger charge is 2.19. The highest BCUT2D eigenvalue weighted by Crippen LogP contribution is 2.29. The molecule has 0 atom stereocenters. The fourth-order valence-electron chi connectivity index (χ4n) is 1.63. The van der Waals surface area contributed by atoms with Crippen LogP contribution in [0.1, 0.15) is 42.8 Å². The molecular weight excluding hydrogens is 310 g/mol. The quantitative estimate of drug-likeness (QED) is 0.831. The maximum Gasteiger partial charge on any atom is 0.337 e. The highest BCUT2D eigenvalue weighted by atomic mass is 35.5. The lowest BCUT2D eigenvalue weighted by Crippen LogP contribution is -2.09. The van der Waals surface area contributed by atoms with Gasteiger partial charge in [0.25, 0.3) is 0 Å². The number of hydrogen-bond donors (Lipinski definition) is 1. The topological polar surface area (TPSA) is 63.3 Å². The number of nitrogens with zero attached hydrogens (tertiary/aromatic N) is 1. The number of thioether (sulfide) groups is 1. The third-order valence-corrected chi connectivity index (χ3v) is 4.13. The molecule has 0 fully saturated rings. The zero-order chi connectivity index (χ0) is 15.6. The van der Waals surface area contributed by atoms with Crippen LogP contribution in [0.15, 0.2) is 33.7 Å². The Hall–Kier alpha value is -1.46. The molecule has 21 heavy (non-hydrogen) atoms. The van der Waals surface area contributed by atoms with E-state index in [0.29, 0.717) is 11.6 Å². The van der Waals surface area contributed by atoms with Crippen molar-refractivity contribution in [3.05, 3.63) is 46.6 Å². The van der Waals surface area contributed by atoms with E-state index < -0.39 is 5.97 Å². The first-order valence-electron chi connectivity index (χ1n) is 6.38. The van der Waals surface area contributed by atoms with E-state index in [1.165, 1.54) is 11.8 Å². The summed E-state index contributed by atoms with van der Waals surface area (Å²) in [6.07, 6.45) is 1.74. The molecule has 0 aliphatic carbocycles. The second-order valence-corrected chi connectivity index (χ2v) is 7.06. The van der Waals surface area contributed by atoms with E-state index in [1.807, 2.05) is 0 Å². The molecule has 112 valence electrons. The molecule has 1 aromatic carbocycles. The van der Waals surface area contributed by atoms with Gasteiger partial charge in [-0.15, -0.1) is 11.8 Å². The number of aromatic nitrogens is 1. The van der Waals surface area contributed by atoms with Crippen molar-refractivity contribution in [1.29, 1.82) is 0 Å². The highest BCUT2D eigenvalue weighted by molar-refractivity contribution is 7.98. The van der Waals surface area contributed by atoms with E-state index in [2.05, 4.69) is 25.8 Å². The summed E-state index contributed by atoms with van der Waals surface area (Å²) in [7, 11) is 0. The first kappa shape index (κ1) is 15.9. The molecular formula is C15H16ClNO3S. The van der Waals surface area contributed by atoms with Gasteiger partial charge in [-0.3, -0.25) is 0 Å². The standard InChI is InChI=1S/C15H16ClNO3S/c1-15(2,3)12-7-17-13(20-12)8-21-9-4-5-11(16)10(6-9)14(18)19/h4-7H,8H2,1-3H3,(H,18,19). The molecule has 0 aliphatic heterocycles. The van der Waals surface area contributed by atoms with Crippen molar-refractivity contribution >= 4 is 29.3 Å². The van der Waals surface area contributed by atoms with E-state index in [1.54, 1.807) is 24.4 Å². The first-order chi connectivity index (χ1) is 9.77. The molecule has 6 heteroatoms. The van der Waals surface area contributed by atoms with Crippen LogP contribution in [0.4, 0.5) is 0 Å². The van der Waals surface area contributed by atoms with Crippen LogP contribution in [-0.2, 0) is 11.2 Å². The predicted molar refractivity (Wildman–Crippen MR) is 83.2 cm³/mol. The fraction of sp³-hybridized carbons (Fsp3) is 0.333. The van der Waals surface area contributed by atoms with E-state index in [-0.39, 0.29) is 16.0 Å². The van der Waals surface area contributed by atoms with Crippen LogP contribution < -0.4 is 0 Å². The Morgan fingerprint density at radius 2 is 2.14 bits per heavy atom. The Balaban J connectivity index is 2.08. The zero-order valence-electron chi connectivity index (χ0n) is 12.0. The minimum absolute atomic E-state index is 0.0767. The molecule has 0 aliphatic rings. The first-order valence-corrected chi connectivity index (χ1v) is 7.74. The lowest BCUT2D eigenvalue weighted by molar-refractivity contribution is 0.0697. The summed E-state index contributed by atoms with van der Waals surface area (Å²) in [5, 5.41) is 9.28. The van der Waals surface area contributed by atoms with Gasteiger partial charge in [0.1, 0.15) is 5.76 Å². The van der Waals surface area contributed by atoms with Gasteiger partial charge in [0.2, 0.25) is 5.89 Å². The van der Waals surface area contributed by atoms with Crippen LogP contribution in [0.5, 0.6) is 0 Å². The summed E-state index contributed by atoms with van der Waals surface area (Å²) >= 11 is 7.30. The van der Waals surface area contributed by atoms with Gasteiger partial charge < -0.3 is 9.52 Å². The Morgan fingerprint density at radius 3 is 2.71 bits per heavy atom. The van der Waals surface area contributed by atoms with Gasteiger partial charge in [-0.1, -0.05) is 32.4 Å². The van der Waals surface area contributed by atoms with Gasteiger partial charge >= 0.3 is 5.97 Å². The molecule has 4 nitrogen and oxygen atoms in total. The summed E-state index contributed by atoms with van der Waals surface area (Å²) in [5.41, 5.74) is 0.0246. The van der Waals surface area contributed by atoms with Gasteiger partial charge in [0.05, 0.1) is 22.5 Å². The molecule has 1 aromatic heterocycles. The number of oxazole rings is 1. The SMILES string of the molecule is CC(C)(C)c1cnc(CSc2ccc(Cl)c(C(=O)O)c2)o1. The Bertz CT molecular complexity index is 661. The van der Waals surface area contributed by atoms with Crippen LogP contribution in [-0.4, -0.2) is 16.1 Å². The van der Waals surface area contributed by atoms with Crippen LogP contribution in [0, 0.1) is 0 Å². The maximum atomic E-state index is 11.0. The molecule has 0 bridgehead atoms. The number of aromatic carboxylic acids is 1. The van der Waals surface area contributed by atoms with Crippen LogP contribution >= 0.6 is 23.4 Å². The smallest absolute Gasteiger partial charge is 0.337 e. The predicted octanol–water partition coefficient (Wildman–Crippen LogP) is 4.62. The van der Waals surface area contributed by atoms with E-state index in [9.17, 15) is 4.79 Å². The fourth-order valence-corrected chi connectivity index (χ4v) is 2.61. The summed E-state index contributed by atoms with van der Waals surface area (Å²) in [6.45, 7) is 6.17. The Morgan fingerprint density at radius 1 is 1.43 bits per heavy atom. The van der Waals surface area contributed by atoms with Crippen molar-refractivity contribution in [1.82, 2.24) is 4.98 Å². The summed E-state index contributed by atoms with van der Waals surface area (Å²) < 4.78 is 5.70. The van der Waals surface area contributed by atoms with E-state index >= 15 is 0 Å². The molecule has 2 aromatic rings. The van der Waals surface area contributed by atoms with Gasteiger partial charge in [0, 0.05) is 10.3 Å². The van der Waals surface area contributed by atoms with E-state index in [4.69, 9.17) is 21.1 Å². The number of carboxylic acid groups (broad SMARTS) is 1. The summed E-state index contributed by atoms with van der Waals surface area (Å²) in [4.78, 5) is 16.1. The van der Waals surface area contributed by atoms with Gasteiger partial charge in [0.15, 0.2) is 0 Å². The number of hydrogen-bond acceptors (Lipinski definition) is 4. The van der Waals surface area contributed by atoms with Crippen LogP contribution in [0.2, 0.25) is 5.02 Å². The third-order valence-electron chi connectivity index (χ3n) is 2.82. The van der Waals surface area contributed by atoms with Gasteiger partial charge in [-0.25, -0.2) is 9.78 Å². The van der Waals surface area contributed by atoms with Crippen LogP contribution in [0.25, 0.3) is 0 Å². The summed E-state index contributed by atoms with van der Waals surface area (Å²) in [5.74, 6) is 0.960. The van der Waals surface area contributed by atoms with Gasteiger partial charge in [-0.05, 0) is 18.2 Å². The number of rotatable bonds is 4. The maximum absolute atomic E-state index is 11.0. The van der Waals surface area contributed by atoms with Crippen molar-refractivity contribution in [3.8, 4) is 0 Å². The average molecular weight is 326 g/mol. The Kier molecular flexibility index (Phi) is 4.64. The molecule has 0 saturated carbocycles. The lowest BCUT2D eigenvalue weighted by atomic mass is 9.94. The molecule has 0 unspecified atom stereocenters. The minimum Gasteiger partial charge on any atom is -0.478 e. The molecule has 0 amide bonds. The monoisotopic (exact) mass is 325 g/mol. The average Bonchev–Trinajstić information content (AvgIpc) is 2.86. The molecule has 0 saturated heterocycles. The van der Waals surface area contributed by atoms with Crippen molar-refractivity contribution in [2.75, 3.05) is 0 Å². The number of halogens is 1. The summed E-state index contributed by atoms with van der Waals surface area (Å²) in [6, 6.07) is 4.93. The molecule has 0 radical (unpaired) electrons. The van der Waals surface area contributed by atoms with Crippen LogP contribution in [0.3, 0.4) is 0 Å². The number of benzene rings is 1. The second-order valence-electron chi connectivity index (χ2n) is 5.60. The van der Waals surface area contributed by atoms with Gasteiger partial charge in [-0.2, -0.15) is 0 Å². The lowest BCUT2D eigenvalue weighted by Gasteiger charge is -2.13. The normalized spacial score (nSPS) is 11.6. The molecule has 1 N–H and O–H groups in total. The largest absolute Gasteiger partial charge is 0.478 e. The van der Waals surface area contributed by atoms with Crippen molar-refractivity contribution in [2.45, 2.75) is 36.8 Å². The minimum atomic E-state index is -1.03.